The summed E-state index contributed by atoms with van der Waals surface area (Å²) in [6.45, 7) is 5.96. The van der Waals surface area contributed by atoms with Gasteiger partial charge in [0.05, 0.1) is 0 Å². The first-order chi connectivity index (χ1) is 12.9. The van der Waals surface area contributed by atoms with Crippen LogP contribution in [0.25, 0.3) is 0 Å². The molecule has 0 aromatic heterocycles. The van der Waals surface area contributed by atoms with E-state index in [0.29, 0.717) is 24.9 Å². The van der Waals surface area contributed by atoms with Crippen molar-refractivity contribution < 1.29 is 27.5 Å². The predicted molar refractivity (Wildman–Crippen MR) is 98.0 cm³/mol. The highest BCUT2D eigenvalue weighted by atomic mass is 19.4. The summed E-state index contributed by atoms with van der Waals surface area (Å²) in [6.07, 6.45) is -2.62. The molecule has 2 aliphatic heterocycles. The van der Waals surface area contributed by atoms with Crippen LogP contribution in [0, 0.1) is 5.92 Å². The molecule has 0 radical (unpaired) electrons. The molecule has 2 bridgehead atoms. The molecule has 0 saturated carbocycles. The number of hydrogen-bond acceptors (Lipinski definition) is 3. The molecule has 2 atom stereocenters. The second-order valence-corrected chi connectivity index (χ2v) is 8.53. The van der Waals surface area contributed by atoms with Crippen molar-refractivity contribution in [1.29, 1.82) is 0 Å². The molecule has 1 fully saturated rings. The highest BCUT2D eigenvalue weighted by Gasteiger charge is 2.40. The summed E-state index contributed by atoms with van der Waals surface area (Å²) >= 11 is 0. The molecule has 0 spiro atoms. The summed E-state index contributed by atoms with van der Waals surface area (Å²) in [6, 6.07) is 4.85. The number of carbonyl (C=O) groups is 2. The van der Waals surface area contributed by atoms with Gasteiger partial charge in [0, 0.05) is 18.3 Å². The largest absolute Gasteiger partial charge is 0.471 e. The van der Waals surface area contributed by atoms with Crippen LogP contribution in [0.3, 0.4) is 0 Å². The lowest BCUT2D eigenvalue weighted by Crippen LogP contribution is -2.51. The van der Waals surface area contributed by atoms with E-state index in [0.717, 1.165) is 18.4 Å². The molecule has 4 rings (SSSR count). The van der Waals surface area contributed by atoms with Crippen LogP contribution in [0.1, 0.15) is 44.7 Å². The Morgan fingerprint density at radius 3 is 2.50 bits per heavy atom. The van der Waals surface area contributed by atoms with Gasteiger partial charge in [-0.2, -0.15) is 13.2 Å². The van der Waals surface area contributed by atoms with Gasteiger partial charge in [0.25, 0.3) is 0 Å². The molecular weight excluding hydrogens is 373 g/mol. The molecule has 2 amide bonds. The fourth-order valence-electron chi connectivity index (χ4n) is 3.95. The van der Waals surface area contributed by atoms with Crippen LogP contribution in [0.15, 0.2) is 18.2 Å². The molecule has 1 aromatic rings. The summed E-state index contributed by atoms with van der Waals surface area (Å²) in [4.78, 5) is 25.8. The molecule has 2 heterocycles. The molecule has 1 aromatic carbocycles. The lowest BCUT2D eigenvalue weighted by molar-refractivity contribution is -0.167. The van der Waals surface area contributed by atoms with Crippen LogP contribution in [0.2, 0.25) is 0 Å². The van der Waals surface area contributed by atoms with Gasteiger partial charge >= 0.3 is 18.2 Å². The number of fused-ring (bicyclic) bond motifs is 2. The highest BCUT2D eigenvalue weighted by Crippen LogP contribution is 2.36. The van der Waals surface area contributed by atoms with Crippen LogP contribution in [0.5, 0.6) is 0 Å². The Morgan fingerprint density at radius 2 is 1.86 bits per heavy atom. The van der Waals surface area contributed by atoms with Gasteiger partial charge in [0.15, 0.2) is 0 Å². The Labute approximate surface area is 162 Å². The third-order valence-electron chi connectivity index (χ3n) is 5.16. The highest BCUT2D eigenvalue weighted by molar-refractivity contribution is 5.95. The number of amides is 2. The maximum atomic E-state index is 12.7. The molecule has 1 saturated heterocycles. The van der Waals surface area contributed by atoms with Gasteiger partial charge in [0.2, 0.25) is 0 Å². The molecule has 2 unspecified atom stereocenters. The normalized spacial score (nSPS) is 22.1. The van der Waals surface area contributed by atoms with E-state index >= 15 is 0 Å². The third kappa shape index (κ3) is 4.59. The van der Waals surface area contributed by atoms with Crippen LogP contribution in [-0.2, 0) is 22.4 Å². The number of ether oxygens (including phenoxy) is 1. The van der Waals surface area contributed by atoms with Crippen molar-refractivity contribution in [1.82, 2.24) is 4.90 Å². The summed E-state index contributed by atoms with van der Waals surface area (Å²) in [5.74, 6) is -1.78. The maximum Gasteiger partial charge on any atom is 0.471 e. The van der Waals surface area contributed by atoms with E-state index < -0.39 is 23.8 Å². The number of benzene rings is 1. The van der Waals surface area contributed by atoms with Crippen molar-refractivity contribution >= 4 is 17.7 Å². The van der Waals surface area contributed by atoms with E-state index in [-0.39, 0.29) is 17.6 Å². The molecule has 1 N–H and O–H groups in total. The van der Waals surface area contributed by atoms with Gasteiger partial charge < -0.3 is 15.0 Å². The Kier molecular flexibility index (Phi) is 5.34. The second kappa shape index (κ2) is 7.29. The van der Waals surface area contributed by atoms with E-state index in [1.165, 1.54) is 6.07 Å². The zero-order chi connectivity index (χ0) is 20.7. The van der Waals surface area contributed by atoms with Crippen molar-refractivity contribution in [2.45, 2.75) is 64.3 Å². The summed E-state index contributed by atoms with van der Waals surface area (Å²) < 4.78 is 43.6. The van der Waals surface area contributed by atoms with E-state index in [1.807, 2.05) is 11.4 Å². The minimum atomic E-state index is -4.95. The molecule has 5 nitrogen and oxygen atoms in total. The second-order valence-electron chi connectivity index (χ2n) is 8.53. The van der Waals surface area contributed by atoms with Crippen LogP contribution >= 0.6 is 0 Å². The van der Waals surface area contributed by atoms with E-state index in [4.69, 9.17) is 4.74 Å². The fraction of sp³-hybridized carbons (Fsp3) is 0.600. The van der Waals surface area contributed by atoms with Crippen LogP contribution < -0.4 is 5.32 Å². The average Bonchev–Trinajstić information content (AvgIpc) is 2.52. The standard InChI is InChI=1S/C20H25F3N2O3/c1-19(2,3)28-18(27)25-11-12-7-8-14(25)10-15-13(9-12)5-4-6-16(15)24-17(26)20(21,22)23/h4-6,12,14H,7-11H2,1-3H3,(H,24,26). The minimum Gasteiger partial charge on any atom is -0.444 e. The van der Waals surface area contributed by atoms with E-state index in [1.54, 1.807) is 31.7 Å². The topological polar surface area (TPSA) is 58.6 Å². The third-order valence-corrected chi connectivity index (χ3v) is 5.16. The lowest BCUT2D eigenvalue weighted by atomic mass is 9.80. The van der Waals surface area contributed by atoms with E-state index in [9.17, 15) is 22.8 Å². The number of carbonyl (C=O) groups excluding carboxylic acids is 2. The monoisotopic (exact) mass is 398 g/mol. The van der Waals surface area contributed by atoms with Crippen LogP contribution in [-0.4, -0.2) is 41.3 Å². The lowest BCUT2D eigenvalue weighted by Gasteiger charge is -2.43. The number of piperidine rings is 1. The number of hydrogen-bond donors (Lipinski definition) is 1. The number of nitrogens with one attached hydrogen (secondary N) is 1. The number of halogens is 3. The van der Waals surface area contributed by atoms with Crippen molar-refractivity contribution in [3.63, 3.8) is 0 Å². The quantitative estimate of drug-likeness (QED) is 0.767. The number of alkyl halides is 3. The number of rotatable bonds is 1. The summed E-state index contributed by atoms with van der Waals surface area (Å²) in [5.41, 5.74) is 1.14. The molecule has 1 aliphatic carbocycles. The first kappa shape index (κ1) is 20.5. The van der Waals surface area contributed by atoms with Gasteiger partial charge in [-0.05, 0) is 69.6 Å². The van der Waals surface area contributed by atoms with Crippen molar-refractivity contribution in [3.8, 4) is 0 Å². The Balaban J connectivity index is 1.89. The smallest absolute Gasteiger partial charge is 0.444 e. The Hall–Kier alpha value is -2.25. The number of nitrogens with zero attached hydrogens (tertiary/aromatic N) is 1. The minimum absolute atomic E-state index is 0.163. The zero-order valence-corrected chi connectivity index (χ0v) is 16.2. The molecule has 3 aliphatic rings. The number of anilines is 1. The van der Waals surface area contributed by atoms with Gasteiger partial charge in [-0.3, -0.25) is 4.79 Å². The van der Waals surface area contributed by atoms with Gasteiger partial charge in [-0.25, -0.2) is 4.79 Å². The fourth-order valence-corrected chi connectivity index (χ4v) is 3.95. The summed E-state index contributed by atoms with van der Waals surface area (Å²) in [5, 5.41) is 2.00. The molecular formula is C20H25F3N2O3. The summed E-state index contributed by atoms with van der Waals surface area (Å²) in [7, 11) is 0. The van der Waals surface area contributed by atoms with Crippen molar-refractivity contribution in [3.05, 3.63) is 29.3 Å². The zero-order valence-electron chi connectivity index (χ0n) is 16.2. The first-order valence-electron chi connectivity index (χ1n) is 9.42. The maximum absolute atomic E-state index is 12.7. The Bertz CT molecular complexity index is 771. The van der Waals surface area contributed by atoms with Gasteiger partial charge in [0.1, 0.15) is 5.60 Å². The molecule has 28 heavy (non-hydrogen) atoms. The SMILES string of the molecule is CC(C)(C)OC(=O)N1CC2CCC1Cc1c(cccc1NC(=O)C(F)(F)F)C2. The van der Waals surface area contributed by atoms with Gasteiger partial charge in [-0.15, -0.1) is 0 Å². The van der Waals surface area contributed by atoms with E-state index in [2.05, 4.69) is 0 Å². The van der Waals surface area contributed by atoms with Crippen molar-refractivity contribution in [2.24, 2.45) is 5.92 Å². The molecule has 8 heteroatoms. The first-order valence-corrected chi connectivity index (χ1v) is 9.42. The predicted octanol–water partition coefficient (Wildman–Crippen LogP) is 4.30. The average molecular weight is 398 g/mol. The van der Waals surface area contributed by atoms with Gasteiger partial charge in [-0.1, -0.05) is 12.1 Å². The molecule has 154 valence electrons. The Morgan fingerprint density at radius 1 is 1.14 bits per heavy atom. The van der Waals surface area contributed by atoms with Crippen molar-refractivity contribution in [2.75, 3.05) is 11.9 Å². The van der Waals surface area contributed by atoms with Crippen LogP contribution in [0.4, 0.5) is 23.7 Å².